The highest BCUT2D eigenvalue weighted by Gasteiger charge is 1.98. The largest absolute Gasteiger partial charge is 0.397 e. The van der Waals surface area contributed by atoms with Crippen LogP contribution in [0.4, 0.5) is 11.4 Å². The van der Waals surface area contributed by atoms with Crippen LogP contribution in [0.2, 0.25) is 5.02 Å². The molecule has 0 aliphatic heterocycles. The van der Waals surface area contributed by atoms with Crippen molar-refractivity contribution in [3.63, 3.8) is 0 Å². The molecule has 0 fully saturated rings. The molecule has 0 heterocycles. The van der Waals surface area contributed by atoms with Gasteiger partial charge in [-0.05, 0) is 12.1 Å². The molecule has 3 heteroatoms. The molecule has 3 N–H and O–H groups in total. The Kier molecular flexibility index (Phi) is 2.02. The number of hydrogen-bond acceptors (Lipinski definition) is 2. The van der Waals surface area contributed by atoms with E-state index in [-0.39, 0.29) is 0 Å². The van der Waals surface area contributed by atoms with Crippen LogP contribution in [-0.4, -0.2) is 7.05 Å². The summed E-state index contributed by atoms with van der Waals surface area (Å²) >= 11 is 5.81. The van der Waals surface area contributed by atoms with Gasteiger partial charge in [-0.3, -0.25) is 0 Å². The highest BCUT2D eigenvalue weighted by Crippen LogP contribution is 2.26. The lowest BCUT2D eigenvalue weighted by atomic mass is 10.3. The lowest BCUT2D eigenvalue weighted by molar-refractivity contribution is 1.51. The maximum Gasteiger partial charge on any atom is 0.0866 e. The molecular formula is C7H9ClN2. The lowest BCUT2D eigenvalue weighted by Crippen LogP contribution is -1.92. The second kappa shape index (κ2) is 2.80. The molecule has 0 saturated carbocycles. The summed E-state index contributed by atoms with van der Waals surface area (Å²) in [6, 6.07) is 5.49. The second-order valence-electron chi connectivity index (χ2n) is 1.96. The molecule has 0 saturated heterocycles. The lowest BCUT2D eigenvalue weighted by Gasteiger charge is -2.03. The van der Waals surface area contributed by atoms with Crippen LogP contribution in [-0.2, 0) is 0 Å². The van der Waals surface area contributed by atoms with E-state index in [1.165, 1.54) is 0 Å². The van der Waals surface area contributed by atoms with Crippen LogP contribution in [0.3, 0.4) is 0 Å². The van der Waals surface area contributed by atoms with Gasteiger partial charge in [0.2, 0.25) is 0 Å². The normalized spacial score (nSPS) is 9.40. The molecule has 2 nitrogen and oxygen atoms in total. The van der Waals surface area contributed by atoms with Crippen molar-refractivity contribution in [2.45, 2.75) is 0 Å². The standard InChI is InChI=1S/C7H9ClN2/c1-10-6-4-2-3-5(9)7(6)8/h2-4,10H,9H2,1H3. The minimum absolute atomic E-state index is 0.588. The monoisotopic (exact) mass is 156 g/mol. The van der Waals surface area contributed by atoms with Gasteiger partial charge in [0.05, 0.1) is 16.4 Å². The zero-order valence-corrected chi connectivity index (χ0v) is 6.44. The fourth-order valence-corrected chi connectivity index (χ4v) is 0.963. The summed E-state index contributed by atoms with van der Waals surface area (Å²) in [6.07, 6.45) is 0. The smallest absolute Gasteiger partial charge is 0.0866 e. The van der Waals surface area contributed by atoms with Crippen molar-refractivity contribution in [3.8, 4) is 0 Å². The number of rotatable bonds is 1. The van der Waals surface area contributed by atoms with E-state index < -0.39 is 0 Å². The Morgan fingerprint density at radius 2 is 2.20 bits per heavy atom. The molecule has 1 aromatic carbocycles. The van der Waals surface area contributed by atoms with Gasteiger partial charge in [0.15, 0.2) is 0 Å². The number of benzene rings is 1. The molecule has 0 bridgehead atoms. The Balaban J connectivity index is 3.14. The van der Waals surface area contributed by atoms with E-state index in [0.29, 0.717) is 10.7 Å². The minimum Gasteiger partial charge on any atom is -0.397 e. The molecular weight excluding hydrogens is 148 g/mol. The van der Waals surface area contributed by atoms with Crippen molar-refractivity contribution in [3.05, 3.63) is 23.2 Å². The van der Waals surface area contributed by atoms with Crippen LogP contribution in [0.5, 0.6) is 0 Å². The molecule has 54 valence electrons. The number of nitrogens with one attached hydrogen (secondary N) is 1. The molecule has 1 rings (SSSR count). The summed E-state index contributed by atoms with van der Waals surface area (Å²) in [4.78, 5) is 0. The zero-order valence-electron chi connectivity index (χ0n) is 5.69. The topological polar surface area (TPSA) is 38.0 Å². The predicted octanol–water partition coefficient (Wildman–Crippen LogP) is 1.96. The van der Waals surface area contributed by atoms with Gasteiger partial charge < -0.3 is 11.1 Å². The number of halogens is 1. The number of nitrogens with two attached hydrogens (primary N) is 1. The zero-order chi connectivity index (χ0) is 7.56. The summed E-state index contributed by atoms with van der Waals surface area (Å²) in [5, 5.41) is 3.51. The molecule has 0 aromatic heterocycles. The molecule has 10 heavy (non-hydrogen) atoms. The summed E-state index contributed by atoms with van der Waals surface area (Å²) in [7, 11) is 1.81. The number of nitrogen functional groups attached to an aromatic ring is 1. The van der Waals surface area contributed by atoms with E-state index in [2.05, 4.69) is 5.32 Å². The van der Waals surface area contributed by atoms with E-state index in [1.54, 1.807) is 13.1 Å². The number of hydrogen-bond donors (Lipinski definition) is 2. The highest BCUT2D eigenvalue weighted by molar-refractivity contribution is 6.35. The first-order valence-electron chi connectivity index (χ1n) is 2.97. The van der Waals surface area contributed by atoms with Crippen molar-refractivity contribution in [1.29, 1.82) is 0 Å². The van der Waals surface area contributed by atoms with Gasteiger partial charge in [0, 0.05) is 7.05 Å². The van der Waals surface area contributed by atoms with Gasteiger partial charge in [-0.15, -0.1) is 0 Å². The SMILES string of the molecule is CNc1cccc(N)c1Cl. The van der Waals surface area contributed by atoms with Crippen LogP contribution in [0, 0.1) is 0 Å². The van der Waals surface area contributed by atoms with Crippen molar-refractivity contribution in [2.24, 2.45) is 0 Å². The van der Waals surface area contributed by atoms with Gasteiger partial charge >= 0.3 is 0 Å². The second-order valence-corrected chi connectivity index (χ2v) is 2.34. The molecule has 0 aliphatic rings. The van der Waals surface area contributed by atoms with Crippen molar-refractivity contribution in [1.82, 2.24) is 0 Å². The molecule has 0 unspecified atom stereocenters. The Hall–Kier alpha value is -0.890. The van der Waals surface area contributed by atoms with Crippen LogP contribution in [0.25, 0.3) is 0 Å². The van der Waals surface area contributed by atoms with Gasteiger partial charge in [-0.1, -0.05) is 17.7 Å². The van der Waals surface area contributed by atoms with E-state index in [0.717, 1.165) is 5.69 Å². The van der Waals surface area contributed by atoms with E-state index in [4.69, 9.17) is 17.3 Å². The average Bonchev–Trinajstić information content (AvgIpc) is 1.95. The number of anilines is 2. The first kappa shape index (κ1) is 7.22. The van der Waals surface area contributed by atoms with Crippen molar-refractivity contribution in [2.75, 3.05) is 18.1 Å². The molecule has 0 amide bonds. The van der Waals surface area contributed by atoms with Gasteiger partial charge in [-0.2, -0.15) is 0 Å². The fourth-order valence-electron chi connectivity index (χ4n) is 0.743. The van der Waals surface area contributed by atoms with Crippen LogP contribution in [0.1, 0.15) is 0 Å². The first-order chi connectivity index (χ1) is 4.75. The Morgan fingerprint density at radius 1 is 1.50 bits per heavy atom. The summed E-state index contributed by atoms with van der Waals surface area (Å²) in [5.74, 6) is 0. The fraction of sp³-hybridized carbons (Fsp3) is 0.143. The van der Waals surface area contributed by atoms with E-state index >= 15 is 0 Å². The Labute approximate surface area is 65.0 Å². The Bertz CT molecular complexity index is 235. The van der Waals surface area contributed by atoms with Gasteiger partial charge in [0.25, 0.3) is 0 Å². The van der Waals surface area contributed by atoms with Crippen molar-refractivity contribution >= 4 is 23.0 Å². The van der Waals surface area contributed by atoms with Gasteiger partial charge in [0.1, 0.15) is 0 Å². The van der Waals surface area contributed by atoms with Crippen LogP contribution >= 0.6 is 11.6 Å². The van der Waals surface area contributed by atoms with Gasteiger partial charge in [-0.25, -0.2) is 0 Å². The van der Waals surface area contributed by atoms with E-state index in [9.17, 15) is 0 Å². The van der Waals surface area contributed by atoms with Crippen LogP contribution < -0.4 is 11.1 Å². The third kappa shape index (κ3) is 1.16. The van der Waals surface area contributed by atoms with E-state index in [1.807, 2.05) is 12.1 Å². The molecule has 0 radical (unpaired) electrons. The minimum atomic E-state index is 0.588. The molecule has 0 atom stereocenters. The molecule has 0 spiro atoms. The first-order valence-corrected chi connectivity index (χ1v) is 3.35. The maximum atomic E-state index is 5.81. The van der Waals surface area contributed by atoms with Crippen molar-refractivity contribution < 1.29 is 0 Å². The predicted molar refractivity (Wildman–Crippen MR) is 45.4 cm³/mol. The third-order valence-electron chi connectivity index (χ3n) is 1.30. The Morgan fingerprint density at radius 3 is 2.70 bits per heavy atom. The maximum absolute atomic E-state index is 5.81. The third-order valence-corrected chi connectivity index (χ3v) is 1.72. The average molecular weight is 157 g/mol. The summed E-state index contributed by atoms with van der Waals surface area (Å²) < 4.78 is 0. The highest BCUT2D eigenvalue weighted by atomic mass is 35.5. The summed E-state index contributed by atoms with van der Waals surface area (Å²) in [6.45, 7) is 0. The molecule has 1 aromatic rings. The summed E-state index contributed by atoms with van der Waals surface area (Å²) in [5.41, 5.74) is 6.99. The van der Waals surface area contributed by atoms with Crippen LogP contribution in [0.15, 0.2) is 18.2 Å². The quantitative estimate of drug-likeness (QED) is 0.611. The molecule has 0 aliphatic carbocycles.